The second-order valence-electron chi connectivity index (χ2n) is 5.45. The summed E-state index contributed by atoms with van der Waals surface area (Å²) in [5.41, 5.74) is 5.36. The maximum atomic E-state index is 11.0. The molecule has 0 aromatic heterocycles. The number of benzene rings is 1. The van der Waals surface area contributed by atoms with Gasteiger partial charge in [-0.3, -0.25) is 4.79 Å². The van der Waals surface area contributed by atoms with Gasteiger partial charge in [-0.2, -0.15) is 0 Å². The van der Waals surface area contributed by atoms with E-state index < -0.39 is 0 Å². The number of rotatable bonds is 1. The van der Waals surface area contributed by atoms with Crippen LogP contribution in [0.4, 0.5) is 5.69 Å². The van der Waals surface area contributed by atoms with Crippen LogP contribution in [0.1, 0.15) is 12.5 Å². The van der Waals surface area contributed by atoms with Gasteiger partial charge in [0.05, 0.1) is 5.71 Å². The minimum Gasteiger partial charge on any atom is -0.351 e. The normalized spacial score (nSPS) is 17.5. The second kappa shape index (κ2) is 6.44. The van der Waals surface area contributed by atoms with E-state index in [4.69, 9.17) is 0 Å². The summed E-state index contributed by atoms with van der Waals surface area (Å²) in [6, 6.07) is 8.35. The summed E-state index contributed by atoms with van der Waals surface area (Å²) in [5, 5.41) is 0. The smallest absolute Gasteiger partial charge is 0.243 e. The van der Waals surface area contributed by atoms with Gasteiger partial charge in [-0.05, 0) is 35.4 Å². The van der Waals surface area contributed by atoms with Gasteiger partial charge in [0, 0.05) is 31.4 Å². The van der Waals surface area contributed by atoms with Gasteiger partial charge in [0.1, 0.15) is 0 Å². The Morgan fingerprint density at radius 3 is 2.52 bits per heavy atom. The van der Waals surface area contributed by atoms with Gasteiger partial charge in [0.25, 0.3) is 0 Å². The molecule has 23 heavy (non-hydrogen) atoms. The molecule has 0 saturated heterocycles. The SMILES string of the molecule is CC(=O)N=C1C=CC(=C/C=C2/C=CN(C)c3ccccc32)C=C1. The lowest BCUT2D eigenvalue weighted by Gasteiger charge is -2.23. The molecule has 0 fully saturated rings. The standard InChI is InChI=1S/C20H18N2O/c1-15(23)21-18-11-8-16(9-12-18)7-10-17-13-14-22(2)20-6-4-3-5-19(17)20/h3-14H,1-2H3/b16-7?,17-10-,21-18?. The van der Waals surface area contributed by atoms with Crippen molar-refractivity contribution < 1.29 is 4.79 Å². The molecule has 0 saturated carbocycles. The average molecular weight is 302 g/mol. The lowest BCUT2D eigenvalue weighted by molar-refractivity contribution is -0.115. The Balaban J connectivity index is 1.86. The number of hydrogen-bond donors (Lipinski definition) is 0. The van der Waals surface area contributed by atoms with E-state index in [1.807, 2.05) is 37.4 Å². The molecule has 2 aliphatic rings. The third kappa shape index (κ3) is 3.46. The molecule has 0 atom stereocenters. The molecule has 0 spiro atoms. The van der Waals surface area contributed by atoms with Crippen molar-refractivity contribution in [3.63, 3.8) is 0 Å². The fourth-order valence-corrected chi connectivity index (χ4v) is 2.56. The first-order valence-electron chi connectivity index (χ1n) is 7.51. The van der Waals surface area contributed by atoms with Crippen molar-refractivity contribution in [1.82, 2.24) is 0 Å². The number of aliphatic imine (C=N–C) groups is 1. The van der Waals surface area contributed by atoms with E-state index in [-0.39, 0.29) is 5.91 Å². The fraction of sp³-hybridized carbons (Fsp3) is 0.100. The van der Waals surface area contributed by atoms with Crippen LogP contribution in [0, 0.1) is 0 Å². The molecule has 3 nitrogen and oxygen atoms in total. The summed E-state index contributed by atoms with van der Waals surface area (Å²) >= 11 is 0. The molecular weight excluding hydrogens is 284 g/mol. The van der Waals surface area contributed by atoms with Crippen LogP contribution < -0.4 is 4.90 Å². The van der Waals surface area contributed by atoms with Crippen LogP contribution in [0.5, 0.6) is 0 Å². The van der Waals surface area contributed by atoms with Crippen molar-refractivity contribution in [1.29, 1.82) is 0 Å². The predicted octanol–water partition coefficient (Wildman–Crippen LogP) is 4.07. The molecule has 0 radical (unpaired) electrons. The van der Waals surface area contributed by atoms with Gasteiger partial charge in [0.2, 0.25) is 5.91 Å². The number of amides is 1. The molecule has 1 aromatic carbocycles. The van der Waals surface area contributed by atoms with Crippen LogP contribution in [-0.2, 0) is 4.79 Å². The second-order valence-corrected chi connectivity index (χ2v) is 5.45. The van der Waals surface area contributed by atoms with Crippen LogP contribution in [0.3, 0.4) is 0 Å². The van der Waals surface area contributed by atoms with Crippen molar-refractivity contribution >= 4 is 22.9 Å². The third-order valence-corrected chi connectivity index (χ3v) is 3.71. The number of nitrogens with zero attached hydrogens (tertiary/aromatic N) is 2. The summed E-state index contributed by atoms with van der Waals surface area (Å²) < 4.78 is 0. The first-order valence-corrected chi connectivity index (χ1v) is 7.51. The third-order valence-electron chi connectivity index (χ3n) is 3.71. The quantitative estimate of drug-likeness (QED) is 0.783. The number of allylic oxidation sites excluding steroid dienone is 9. The molecule has 1 aliphatic carbocycles. The summed E-state index contributed by atoms with van der Waals surface area (Å²) in [5.74, 6) is -0.183. The lowest BCUT2D eigenvalue weighted by atomic mass is 9.99. The summed E-state index contributed by atoms with van der Waals surface area (Å²) in [4.78, 5) is 17.0. The van der Waals surface area contributed by atoms with Crippen molar-refractivity contribution in [3.05, 3.63) is 84.1 Å². The van der Waals surface area contributed by atoms with Gasteiger partial charge in [-0.15, -0.1) is 0 Å². The van der Waals surface area contributed by atoms with Crippen molar-refractivity contribution in [2.45, 2.75) is 6.92 Å². The Labute approximate surface area is 136 Å². The molecule has 1 heterocycles. The molecule has 3 rings (SSSR count). The van der Waals surface area contributed by atoms with E-state index in [9.17, 15) is 4.79 Å². The minimum atomic E-state index is -0.183. The Bertz CT molecular complexity index is 802. The topological polar surface area (TPSA) is 32.7 Å². The Morgan fingerprint density at radius 2 is 1.78 bits per heavy atom. The molecule has 0 unspecified atom stereocenters. The fourth-order valence-electron chi connectivity index (χ4n) is 2.56. The summed E-state index contributed by atoms with van der Waals surface area (Å²) in [6.07, 6.45) is 16.0. The van der Waals surface area contributed by atoms with Gasteiger partial charge < -0.3 is 4.90 Å². The van der Waals surface area contributed by atoms with Gasteiger partial charge in [-0.1, -0.05) is 42.5 Å². The lowest BCUT2D eigenvalue weighted by Crippen LogP contribution is -2.13. The maximum absolute atomic E-state index is 11.0. The van der Waals surface area contributed by atoms with E-state index in [2.05, 4.69) is 52.5 Å². The van der Waals surface area contributed by atoms with Crippen LogP contribution in [0.25, 0.3) is 5.57 Å². The molecule has 1 aliphatic heterocycles. The van der Waals surface area contributed by atoms with E-state index in [0.717, 1.165) is 5.57 Å². The van der Waals surface area contributed by atoms with Crippen LogP contribution >= 0.6 is 0 Å². The zero-order valence-electron chi connectivity index (χ0n) is 13.2. The summed E-state index contributed by atoms with van der Waals surface area (Å²) in [6.45, 7) is 1.45. The highest BCUT2D eigenvalue weighted by Crippen LogP contribution is 2.31. The minimum absolute atomic E-state index is 0.183. The number of carbonyl (C=O) groups excluding carboxylic acids is 1. The van der Waals surface area contributed by atoms with Crippen molar-refractivity contribution in [2.24, 2.45) is 4.99 Å². The number of carbonyl (C=O) groups is 1. The molecule has 0 N–H and O–H groups in total. The average Bonchev–Trinajstić information content (AvgIpc) is 2.55. The molecule has 114 valence electrons. The summed E-state index contributed by atoms with van der Waals surface area (Å²) in [7, 11) is 2.05. The first kappa shape index (κ1) is 15.0. The Hall–Kier alpha value is -2.94. The molecule has 1 aromatic rings. The highest BCUT2D eigenvalue weighted by atomic mass is 16.1. The molecule has 3 heteroatoms. The van der Waals surface area contributed by atoms with E-state index >= 15 is 0 Å². The van der Waals surface area contributed by atoms with E-state index in [1.54, 1.807) is 0 Å². The monoisotopic (exact) mass is 302 g/mol. The van der Waals surface area contributed by atoms with Gasteiger partial charge in [0.15, 0.2) is 0 Å². The zero-order chi connectivity index (χ0) is 16.2. The zero-order valence-corrected chi connectivity index (χ0v) is 13.2. The Morgan fingerprint density at radius 1 is 1.04 bits per heavy atom. The van der Waals surface area contributed by atoms with Crippen LogP contribution in [0.15, 0.2) is 83.6 Å². The molecule has 0 bridgehead atoms. The molecule has 1 amide bonds. The van der Waals surface area contributed by atoms with Crippen LogP contribution in [0.2, 0.25) is 0 Å². The van der Waals surface area contributed by atoms with Gasteiger partial charge >= 0.3 is 0 Å². The van der Waals surface area contributed by atoms with E-state index in [0.29, 0.717) is 5.71 Å². The molecular formula is C20H18N2O. The van der Waals surface area contributed by atoms with Crippen molar-refractivity contribution in [3.8, 4) is 0 Å². The van der Waals surface area contributed by atoms with Crippen molar-refractivity contribution in [2.75, 3.05) is 11.9 Å². The first-order chi connectivity index (χ1) is 11.1. The van der Waals surface area contributed by atoms with Gasteiger partial charge in [-0.25, -0.2) is 4.99 Å². The maximum Gasteiger partial charge on any atom is 0.243 e. The van der Waals surface area contributed by atoms with Crippen LogP contribution in [-0.4, -0.2) is 18.7 Å². The highest BCUT2D eigenvalue weighted by molar-refractivity contribution is 6.10. The largest absolute Gasteiger partial charge is 0.351 e. The number of fused-ring (bicyclic) bond motifs is 1. The number of hydrogen-bond acceptors (Lipinski definition) is 2. The number of anilines is 1. The highest BCUT2D eigenvalue weighted by Gasteiger charge is 2.11. The Kier molecular flexibility index (Phi) is 4.20. The van der Waals surface area contributed by atoms with E-state index in [1.165, 1.54) is 23.7 Å². The predicted molar refractivity (Wildman–Crippen MR) is 96.4 cm³/mol. The number of para-hydroxylation sites is 1.